The van der Waals surface area contributed by atoms with Crippen molar-refractivity contribution < 1.29 is 9.53 Å². The first-order valence-corrected chi connectivity index (χ1v) is 7.43. The molecule has 1 amide bonds. The molecule has 1 heterocycles. The van der Waals surface area contributed by atoms with Crippen molar-refractivity contribution in [2.75, 3.05) is 20.3 Å². The SMILES string of the molecule is COCCNC(=O)CCc1nc(-c2ccccc2)cs1. The van der Waals surface area contributed by atoms with E-state index in [0.717, 1.165) is 16.3 Å². The molecule has 0 atom stereocenters. The van der Waals surface area contributed by atoms with Crippen LogP contribution in [-0.2, 0) is 16.0 Å². The Balaban J connectivity index is 1.83. The molecular formula is C15H18N2O2S. The summed E-state index contributed by atoms with van der Waals surface area (Å²) in [6.45, 7) is 1.10. The van der Waals surface area contributed by atoms with Gasteiger partial charge in [0.15, 0.2) is 0 Å². The van der Waals surface area contributed by atoms with Crippen molar-refractivity contribution in [2.45, 2.75) is 12.8 Å². The van der Waals surface area contributed by atoms with Crippen molar-refractivity contribution in [1.82, 2.24) is 10.3 Å². The number of ether oxygens (including phenoxy) is 1. The summed E-state index contributed by atoms with van der Waals surface area (Å²) in [5.41, 5.74) is 2.09. The Hall–Kier alpha value is -1.72. The van der Waals surface area contributed by atoms with Gasteiger partial charge in [-0.1, -0.05) is 30.3 Å². The number of aromatic nitrogens is 1. The van der Waals surface area contributed by atoms with Crippen LogP contribution < -0.4 is 5.32 Å². The molecule has 106 valence electrons. The van der Waals surface area contributed by atoms with Gasteiger partial charge >= 0.3 is 0 Å². The van der Waals surface area contributed by atoms with Gasteiger partial charge in [0.05, 0.1) is 17.3 Å². The molecule has 0 saturated carbocycles. The number of aryl methyl sites for hydroxylation is 1. The molecule has 0 saturated heterocycles. The van der Waals surface area contributed by atoms with Crippen molar-refractivity contribution in [3.63, 3.8) is 0 Å². The quantitative estimate of drug-likeness (QED) is 0.797. The minimum absolute atomic E-state index is 0.0403. The fraction of sp³-hybridized carbons (Fsp3) is 0.333. The average Bonchev–Trinajstić information content (AvgIpc) is 2.95. The third kappa shape index (κ3) is 4.43. The maximum atomic E-state index is 11.6. The Morgan fingerprint density at radius 2 is 2.15 bits per heavy atom. The maximum Gasteiger partial charge on any atom is 0.220 e. The summed E-state index contributed by atoms with van der Waals surface area (Å²) in [6, 6.07) is 10.1. The molecule has 1 aromatic carbocycles. The smallest absolute Gasteiger partial charge is 0.220 e. The highest BCUT2D eigenvalue weighted by Gasteiger charge is 2.07. The minimum atomic E-state index is 0.0403. The van der Waals surface area contributed by atoms with E-state index in [9.17, 15) is 4.79 Å². The fourth-order valence-electron chi connectivity index (χ4n) is 1.77. The molecule has 2 rings (SSSR count). The van der Waals surface area contributed by atoms with Crippen molar-refractivity contribution in [3.8, 4) is 11.3 Å². The molecule has 1 aromatic heterocycles. The zero-order valence-corrected chi connectivity index (χ0v) is 12.3. The van der Waals surface area contributed by atoms with Crippen LogP contribution in [0.1, 0.15) is 11.4 Å². The lowest BCUT2D eigenvalue weighted by atomic mass is 10.2. The van der Waals surface area contributed by atoms with Crippen LogP contribution in [0.3, 0.4) is 0 Å². The van der Waals surface area contributed by atoms with E-state index >= 15 is 0 Å². The number of hydrogen-bond acceptors (Lipinski definition) is 4. The molecule has 2 aromatic rings. The first-order valence-electron chi connectivity index (χ1n) is 6.55. The topological polar surface area (TPSA) is 51.2 Å². The molecule has 4 nitrogen and oxygen atoms in total. The van der Waals surface area contributed by atoms with Crippen LogP contribution in [0.25, 0.3) is 11.3 Å². The zero-order chi connectivity index (χ0) is 14.2. The number of thiazole rings is 1. The molecule has 0 aliphatic heterocycles. The number of benzene rings is 1. The molecule has 1 N–H and O–H groups in total. The summed E-state index contributed by atoms with van der Waals surface area (Å²) < 4.78 is 4.88. The molecule has 0 aliphatic rings. The molecule has 0 aliphatic carbocycles. The lowest BCUT2D eigenvalue weighted by Gasteiger charge is -2.02. The number of nitrogens with one attached hydrogen (secondary N) is 1. The average molecular weight is 290 g/mol. The van der Waals surface area contributed by atoms with Gasteiger partial charge in [0.1, 0.15) is 0 Å². The van der Waals surface area contributed by atoms with E-state index < -0.39 is 0 Å². The summed E-state index contributed by atoms with van der Waals surface area (Å²) in [5, 5.41) is 5.83. The summed E-state index contributed by atoms with van der Waals surface area (Å²) in [6.07, 6.45) is 1.14. The van der Waals surface area contributed by atoms with Crippen molar-refractivity contribution in [1.29, 1.82) is 0 Å². The Morgan fingerprint density at radius 1 is 1.35 bits per heavy atom. The lowest BCUT2D eigenvalue weighted by molar-refractivity contribution is -0.121. The van der Waals surface area contributed by atoms with Crippen LogP contribution in [0, 0.1) is 0 Å². The van der Waals surface area contributed by atoms with Gasteiger partial charge in [-0.2, -0.15) is 0 Å². The second-order valence-electron chi connectivity index (χ2n) is 4.34. The molecule has 0 radical (unpaired) electrons. The first kappa shape index (κ1) is 14.7. The van der Waals surface area contributed by atoms with Crippen LogP contribution >= 0.6 is 11.3 Å². The Labute approximate surface area is 122 Å². The summed E-state index contributed by atoms with van der Waals surface area (Å²) in [4.78, 5) is 16.1. The number of methoxy groups -OCH3 is 1. The second kappa shape index (κ2) is 7.77. The molecule has 0 spiro atoms. The minimum Gasteiger partial charge on any atom is -0.383 e. The van der Waals surface area contributed by atoms with Gasteiger partial charge in [-0.25, -0.2) is 4.98 Å². The predicted octanol–water partition coefficient (Wildman–Crippen LogP) is 2.51. The maximum absolute atomic E-state index is 11.6. The number of carbonyl (C=O) groups excluding carboxylic acids is 1. The normalized spacial score (nSPS) is 10.4. The standard InChI is InChI=1S/C15H18N2O2S/c1-19-10-9-16-14(18)7-8-15-17-13(11-20-15)12-5-3-2-4-6-12/h2-6,11H,7-10H2,1H3,(H,16,18). The molecule has 20 heavy (non-hydrogen) atoms. The number of rotatable bonds is 7. The van der Waals surface area contributed by atoms with E-state index in [1.54, 1.807) is 18.4 Å². The van der Waals surface area contributed by atoms with Gasteiger partial charge in [-0.05, 0) is 0 Å². The van der Waals surface area contributed by atoms with Gasteiger partial charge in [0.2, 0.25) is 5.91 Å². The predicted molar refractivity (Wildman–Crippen MR) is 80.8 cm³/mol. The van der Waals surface area contributed by atoms with E-state index in [1.807, 2.05) is 35.7 Å². The Bertz CT molecular complexity index is 540. The third-order valence-corrected chi connectivity index (χ3v) is 3.72. The number of hydrogen-bond donors (Lipinski definition) is 1. The summed E-state index contributed by atoms with van der Waals surface area (Å²) in [7, 11) is 1.62. The molecular weight excluding hydrogens is 272 g/mol. The Kier molecular flexibility index (Phi) is 5.70. The fourth-order valence-corrected chi connectivity index (χ4v) is 2.58. The monoisotopic (exact) mass is 290 g/mol. The highest BCUT2D eigenvalue weighted by atomic mass is 32.1. The van der Waals surface area contributed by atoms with Crippen LogP contribution in [0.4, 0.5) is 0 Å². The van der Waals surface area contributed by atoms with Gasteiger partial charge in [0.25, 0.3) is 0 Å². The first-order chi connectivity index (χ1) is 9.79. The van der Waals surface area contributed by atoms with Crippen molar-refractivity contribution in [2.24, 2.45) is 0 Å². The molecule has 0 fully saturated rings. The van der Waals surface area contributed by atoms with Crippen molar-refractivity contribution >= 4 is 17.2 Å². The lowest BCUT2D eigenvalue weighted by Crippen LogP contribution is -2.27. The van der Waals surface area contributed by atoms with Gasteiger partial charge in [-0.3, -0.25) is 4.79 Å². The summed E-state index contributed by atoms with van der Waals surface area (Å²) in [5.74, 6) is 0.0403. The van der Waals surface area contributed by atoms with Gasteiger partial charge in [0, 0.05) is 37.4 Å². The third-order valence-electron chi connectivity index (χ3n) is 2.82. The Morgan fingerprint density at radius 3 is 2.90 bits per heavy atom. The highest BCUT2D eigenvalue weighted by Crippen LogP contribution is 2.22. The van der Waals surface area contributed by atoms with Crippen LogP contribution in [0.15, 0.2) is 35.7 Å². The number of nitrogens with zero attached hydrogens (tertiary/aromatic N) is 1. The highest BCUT2D eigenvalue weighted by molar-refractivity contribution is 7.09. The van der Waals surface area contributed by atoms with Crippen LogP contribution in [0.5, 0.6) is 0 Å². The van der Waals surface area contributed by atoms with E-state index in [4.69, 9.17) is 4.74 Å². The molecule has 5 heteroatoms. The van der Waals surface area contributed by atoms with E-state index in [2.05, 4.69) is 10.3 Å². The van der Waals surface area contributed by atoms with Crippen molar-refractivity contribution in [3.05, 3.63) is 40.7 Å². The van der Waals surface area contributed by atoms with Gasteiger partial charge in [-0.15, -0.1) is 11.3 Å². The summed E-state index contributed by atoms with van der Waals surface area (Å²) >= 11 is 1.60. The second-order valence-corrected chi connectivity index (χ2v) is 5.28. The molecule has 0 bridgehead atoms. The van der Waals surface area contributed by atoms with Crippen LogP contribution in [0.2, 0.25) is 0 Å². The largest absolute Gasteiger partial charge is 0.383 e. The zero-order valence-electron chi connectivity index (χ0n) is 11.5. The number of amides is 1. The molecule has 0 unspecified atom stereocenters. The van der Waals surface area contributed by atoms with E-state index in [1.165, 1.54) is 0 Å². The van der Waals surface area contributed by atoms with Gasteiger partial charge < -0.3 is 10.1 Å². The number of carbonyl (C=O) groups is 1. The van der Waals surface area contributed by atoms with Crippen LogP contribution in [-0.4, -0.2) is 31.2 Å². The van der Waals surface area contributed by atoms with E-state index in [0.29, 0.717) is 26.0 Å². The van der Waals surface area contributed by atoms with E-state index in [-0.39, 0.29) is 5.91 Å².